The molecule has 0 radical (unpaired) electrons. The molecule has 1 saturated heterocycles. The first-order valence-corrected chi connectivity index (χ1v) is 6.36. The molecule has 0 aliphatic carbocycles. The zero-order valence-corrected chi connectivity index (χ0v) is 12.2. The normalized spacial score (nSPS) is 25.0. The molecule has 0 saturated carbocycles. The molecule has 1 heterocycles. The highest BCUT2D eigenvalue weighted by molar-refractivity contribution is 5.82. The minimum Gasteiger partial charge on any atom is -0.366 e. The molecule has 1 amide bonds. The third-order valence-electron chi connectivity index (χ3n) is 3.13. The summed E-state index contributed by atoms with van der Waals surface area (Å²) in [6.07, 6.45) is 1.59. The van der Waals surface area contributed by atoms with Crippen LogP contribution >= 0.6 is 0 Å². The zero-order valence-electron chi connectivity index (χ0n) is 12.2. The SMILES string of the molecule is CC1CCC(C(=O)N(C)C)N1OC(=O)C(C)(C)C. The van der Waals surface area contributed by atoms with E-state index in [1.165, 1.54) is 0 Å². The van der Waals surface area contributed by atoms with Gasteiger partial charge in [0.25, 0.3) is 0 Å². The fourth-order valence-electron chi connectivity index (χ4n) is 1.88. The maximum absolute atomic E-state index is 12.0. The number of carbonyl (C=O) groups excluding carboxylic acids is 2. The molecule has 18 heavy (non-hydrogen) atoms. The van der Waals surface area contributed by atoms with Crippen LogP contribution in [0, 0.1) is 5.41 Å². The van der Waals surface area contributed by atoms with E-state index in [9.17, 15) is 9.59 Å². The van der Waals surface area contributed by atoms with Gasteiger partial charge in [-0.25, -0.2) is 4.79 Å². The standard InChI is InChI=1S/C13H24N2O3/c1-9-7-8-10(11(16)14(5)6)15(9)18-12(17)13(2,3)4/h9-10H,7-8H2,1-6H3. The molecule has 0 aromatic rings. The second-order valence-corrected chi connectivity index (χ2v) is 6.16. The molecule has 0 N–H and O–H groups in total. The summed E-state index contributed by atoms with van der Waals surface area (Å²) >= 11 is 0. The highest BCUT2D eigenvalue weighted by Gasteiger charge is 2.40. The van der Waals surface area contributed by atoms with Crippen LogP contribution in [-0.2, 0) is 14.4 Å². The fourth-order valence-corrected chi connectivity index (χ4v) is 1.88. The summed E-state index contributed by atoms with van der Waals surface area (Å²) < 4.78 is 0. The number of nitrogens with zero attached hydrogens (tertiary/aromatic N) is 2. The summed E-state index contributed by atoms with van der Waals surface area (Å²) in [5.41, 5.74) is -0.561. The van der Waals surface area contributed by atoms with Crippen molar-refractivity contribution in [2.24, 2.45) is 5.41 Å². The van der Waals surface area contributed by atoms with E-state index in [1.807, 2.05) is 6.92 Å². The van der Waals surface area contributed by atoms with Gasteiger partial charge in [0.05, 0.1) is 5.41 Å². The Labute approximate surface area is 109 Å². The Morgan fingerprint density at radius 2 is 1.78 bits per heavy atom. The first-order valence-electron chi connectivity index (χ1n) is 6.36. The van der Waals surface area contributed by atoms with Gasteiger partial charge in [-0.1, -0.05) is 0 Å². The van der Waals surface area contributed by atoms with Gasteiger partial charge in [0.1, 0.15) is 6.04 Å². The number of carbonyl (C=O) groups is 2. The predicted molar refractivity (Wildman–Crippen MR) is 68.6 cm³/mol. The Hall–Kier alpha value is -1.10. The van der Waals surface area contributed by atoms with Gasteiger partial charge in [0, 0.05) is 20.1 Å². The molecule has 0 spiro atoms. The van der Waals surface area contributed by atoms with Gasteiger partial charge in [0.2, 0.25) is 5.91 Å². The summed E-state index contributed by atoms with van der Waals surface area (Å²) in [5.74, 6) is -0.311. The number of rotatable bonds is 2. The van der Waals surface area contributed by atoms with Crippen molar-refractivity contribution in [3.05, 3.63) is 0 Å². The van der Waals surface area contributed by atoms with Crippen LogP contribution in [0.5, 0.6) is 0 Å². The Balaban J connectivity index is 2.77. The fraction of sp³-hybridized carbons (Fsp3) is 0.846. The topological polar surface area (TPSA) is 49.9 Å². The Bertz CT molecular complexity index is 334. The lowest BCUT2D eigenvalue weighted by Gasteiger charge is -2.30. The molecule has 0 aromatic carbocycles. The lowest BCUT2D eigenvalue weighted by Crippen LogP contribution is -2.47. The van der Waals surface area contributed by atoms with Crippen LogP contribution in [0.25, 0.3) is 0 Å². The first kappa shape index (κ1) is 15.0. The molecule has 2 atom stereocenters. The predicted octanol–water partition coefficient (Wildman–Crippen LogP) is 1.43. The van der Waals surface area contributed by atoms with Crippen LogP contribution in [-0.4, -0.2) is 48.0 Å². The molecule has 104 valence electrons. The minimum atomic E-state index is -0.561. The van der Waals surface area contributed by atoms with Gasteiger partial charge in [-0.05, 0) is 40.5 Å². The molecule has 2 unspecified atom stereocenters. The van der Waals surface area contributed by atoms with E-state index in [1.54, 1.807) is 44.8 Å². The Morgan fingerprint density at radius 3 is 2.22 bits per heavy atom. The van der Waals surface area contributed by atoms with E-state index in [0.717, 1.165) is 12.8 Å². The maximum Gasteiger partial charge on any atom is 0.330 e. The van der Waals surface area contributed by atoms with E-state index in [4.69, 9.17) is 4.84 Å². The van der Waals surface area contributed by atoms with E-state index >= 15 is 0 Å². The van der Waals surface area contributed by atoms with Gasteiger partial charge in [-0.15, -0.1) is 5.06 Å². The molecule has 1 fully saturated rings. The van der Waals surface area contributed by atoms with Crippen molar-refractivity contribution in [1.82, 2.24) is 9.96 Å². The highest BCUT2D eigenvalue weighted by Crippen LogP contribution is 2.27. The monoisotopic (exact) mass is 256 g/mol. The van der Waals surface area contributed by atoms with Crippen molar-refractivity contribution in [2.45, 2.75) is 52.6 Å². The van der Waals surface area contributed by atoms with Crippen LogP contribution < -0.4 is 0 Å². The van der Waals surface area contributed by atoms with Crippen molar-refractivity contribution in [3.63, 3.8) is 0 Å². The summed E-state index contributed by atoms with van der Waals surface area (Å²) in [6, 6.07) is -0.258. The summed E-state index contributed by atoms with van der Waals surface area (Å²) in [7, 11) is 3.43. The lowest BCUT2D eigenvalue weighted by molar-refractivity contribution is -0.214. The van der Waals surface area contributed by atoms with E-state index in [-0.39, 0.29) is 24.0 Å². The average molecular weight is 256 g/mol. The van der Waals surface area contributed by atoms with Gasteiger partial charge in [0.15, 0.2) is 0 Å². The third kappa shape index (κ3) is 3.22. The smallest absolute Gasteiger partial charge is 0.330 e. The molecule has 1 aliphatic rings. The van der Waals surface area contributed by atoms with Crippen LogP contribution in [0.15, 0.2) is 0 Å². The molecule has 0 bridgehead atoms. The van der Waals surface area contributed by atoms with Crippen LogP contribution in [0.1, 0.15) is 40.5 Å². The van der Waals surface area contributed by atoms with Crippen LogP contribution in [0.3, 0.4) is 0 Å². The molecular weight excluding hydrogens is 232 g/mol. The lowest BCUT2D eigenvalue weighted by atomic mass is 9.98. The van der Waals surface area contributed by atoms with Crippen molar-refractivity contribution in [2.75, 3.05) is 14.1 Å². The Morgan fingerprint density at radius 1 is 1.22 bits per heavy atom. The average Bonchev–Trinajstić information content (AvgIpc) is 2.58. The second kappa shape index (κ2) is 5.26. The van der Waals surface area contributed by atoms with E-state index < -0.39 is 5.41 Å². The quantitative estimate of drug-likeness (QED) is 0.750. The molecule has 1 rings (SSSR count). The second-order valence-electron chi connectivity index (χ2n) is 6.16. The van der Waals surface area contributed by atoms with Gasteiger partial charge >= 0.3 is 5.97 Å². The molecule has 0 aromatic heterocycles. The summed E-state index contributed by atoms with van der Waals surface area (Å²) in [4.78, 5) is 30.9. The van der Waals surface area contributed by atoms with Gasteiger partial charge in [-0.3, -0.25) is 4.79 Å². The largest absolute Gasteiger partial charge is 0.366 e. The van der Waals surface area contributed by atoms with Crippen LogP contribution in [0.2, 0.25) is 0 Å². The molecule has 5 nitrogen and oxygen atoms in total. The highest BCUT2D eigenvalue weighted by atomic mass is 16.7. The number of amides is 1. The first-order chi connectivity index (χ1) is 8.14. The van der Waals surface area contributed by atoms with Crippen molar-refractivity contribution in [3.8, 4) is 0 Å². The van der Waals surface area contributed by atoms with E-state index in [0.29, 0.717) is 0 Å². The summed E-state index contributed by atoms with van der Waals surface area (Å²) in [6.45, 7) is 7.38. The van der Waals surface area contributed by atoms with E-state index in [2.05, 4.69) is 0 Å². The maximum atomic E-state index is 12.0. The molecule has 5 heteroatoms. The molecule has 1 aliphatic heterocycles. The zero-order chi connectivity index (χ0) is 14.1. The van der Waals surface area contributed by atoms with Crippen molar-refractivity contribution >= 4 is 11.9 Å². The number of hydrogen-bond donors (Lipinski definition) is 0. The van der Waals surface area contributed by atoms with Gasteiger partial charge in [-0.2, -0.15) is 0 Å². The third-order valence-corrected chi connectivity index (χ3v) is 3.13. The number of hydroxylamine groups is 2. The van der Waals surface area contributed by atoms with Crippen molar-refractivity contribution in [1.29, 1.82) is 0 Å². The minimum absolute atomic E-state index is 0.0129. The Kier molecular flexibility index (Phi) is 4.37. The molecular formula is C13H24N2O3. The number of hydrogen-bond acceptors (Lipinski definition) is 4. The van der Waals surface area contributed by atoms with Crippen molar-refractivity contribution < 1.29 is 14.4 Å². The number of likely N-dealkylation sites (N-methyl/N-ethyl adjacent to an activating group) is 1. The summed E-state index contributed by atoms with van der Waals surface area (Å²) in [5, 5.41) is 1.57. The van der Waals surface area contributed by atoms with Crippen LogP contribution in [0.4, 0.5) is 0 Å². The van der Waals surface area contributed by atoms with Gasteiger partial charge < -0.3 is 9.74 Å².